The van der Waals surface area contributed by atoms with Crippen LogP contribution in [0.15, 0.2) is 30.3 Å². The van der Waals surface area contributed by atoms with Crippen molar-refractivity contribution in [2.75, 3.05) is 0 Å². The summed E-state index contributed by atoms with van der Waals surface area (Å²) in [5.74, 6) is -0.290. The van der Waals surface area contributed by atoms with E-state index < -0.39 is 5.97 Å². The molecule has 1 atom stereocenters. The van der Waals surface area contributed by atoms with Gasteiger partial charge in [-0.2, -0.15) is 5.10 Å². The van der Waals surface area contributed by atoms with Crippen molar-refractivity contribution in [1.29, 1.82) is 0 Å². The molecule has 0 radical (unpaired) electrons. The van der Waals surface area contributed by atoms with Crippen LogP contribution >= 0.6 is 46.4 Å². The summed E-state index contributed by atoms with van der Waals surface area (Å²) in [6.07, 6.45) is 0. The molecule has 0 saturated heterocycles. The van der Waals surface area contributed by atoms with Gasteiger partial charge in [-0.15, -0.1) is 0 Å². The van der Waals surface area contributed by atoms with Gasteiger partial charge >= 0.3 is 5.97 Å². The van der Waals surface area contributed by atoms with Gasteiger partial charge in [-0.25, -0.2) is 14.5 Å². The van der Waals surface area contributed by atoms with Crippen molar-refractivity contribution in [3.05, 3.63) is 73.1 Å². The number of aromatic nitrogens is 3. The fourth-order valence-electron chi connectivity index (χ4n) is 2.64. The van der Waals surface area contributed by atoms with E-state index in [1.54, 1.807) is 16.8 Å². The van der Waals surface area contributed by atoms with Crippen LogP contribution in [0.2, 0.25) is 20.4 Å². The highest BCUT2D eigenvalue weighted by Crippen LogP contribution is 2.32. The first-order chi connectivity index (χ1) is 13.2. The van der Waals surface area contributed by atoms with Crippen LogP contribution < -0.4 is 4.74 Å². The lowest BCUT2D eigenvalue weighted by Crippen LogP contribution is -2.16. The maximum absolute atomic E-state index is 12.6. The van der Waals surface area contributed by atoms with Crippen molar-refractivity contribution in [2.45, 2.75) is 26.8 Å². The van der Waals surface area contributed by atoms with Crippen LogP contribution in [-0.2, 0) is 0 Å². The highest BCUT2D eigenvalue weighted by atomic mass is 35.5. The number of esters is 1. The third kappa shape index (κ3) is 4.28. The normalized spacial score (nSPS) is 12.1. The highest BCUT2D eigenvalue weighted by Gasteiger charge is 2.23. The zero-order valence-corrected chi connectivity index (χ0v) is 18.2. The zero-order chi connectivity index (χ0) is 20.6. The third-order valence-electron chi connectivity index (χ3n) is 4.31. The molecule has 0 fully saturated rings. The van der Waals surface area contributed by atoms with Crippen molar-refractivity contribution < 1.29 is 9.53 Å². The van der Waals surface area contributed by atoms with Crippen LogP contribution in [0, 0.1) is 13.8 Å². The van der Waals surface area contributed by atoms with Gasteiger partial charge in [0.25, 0.3) is 0 Å². The number of carbonyl (C=O) groups excluding carboxylic acids is 1. The Bertz CT molecular complexity index is 1050. The molecule has 0 N–H and O–H groups in total. The summed E-state index contributed by atoms with van der Waals surface area (Å²) >= 11 is 23.9. The number of hydrogen-bond acceptors (Lipinski definition) is 4. The second-order valence-electron chi connectivity index (χ2n) is 6.20. The SMILES string of the molecule is Cc1nn(C(C)c2ccc(Cl)c(Cl)c2)c(OC(=O)c2cc(Cl)nc(Cl)c2)c1C. The molecule has 0 saturated carbocycles. The first kappa shape index (κ1) is 20.9. The van der Waals surface area contributed by atoms with Crippen LogP contribution in [0.1, 0.15) is 40.1 Å². The molecule has 5 nitrogen and oxygen atoms in total. The van der Waals surface area contributed by atoms with E-state index in [1.807, 2.05) is 26.8 Å². The number of carbonyl (C=O) groups is 1. The summed E-state index contributed by atoms with van der Waals surface area (Å²) in [6, 6.07) is 7.84. The smallest absolute Gasteiger partial charge is 0.345 e. The Labute approximate surface area is 182 Å². The van der Waals surface area contributed by atoms with Crippen LogP contribution in [0.5, 0.6) is 5.88 Å². The number of hydrogen-bond donors (Lipinski definition) is 0. The minimum atomic E-state index is -0.614. The quantitative estimate of drug-likeness (QED) is 0.338. The van der Waals surface area contributed by atoms with E-state index in [4.69, 9.17) is 51.1 Å². The fraction of sp³-hybridized carbons (Fsp3) is 0.211. The van der Waals surface area contributed by atoms with Crippen LogP contribution in [0.25, 0.3) is 0 Å². The summed E-state index contributed by atoms with van der Waals surface area (Å²) < 4.78 is 7.28. The van der Waals surface area contributed by atoms with E-state index in [1.165, 1.54) is 12.1 Å². The van der Waals surface area contributed by atoms with Gasteiger partial charge in [0.15, 0.2) is 0 Å². The molecule has 3 rings (SSSR count). The number of benzene rings is 1. The summed E-state index contributed by atoms with van der Waals surface area (Å²) in [4.78, 5) is 16.5. The first-order valence-electron chi connectivity index (χ1n) is 8.23. The molecule has 0 aliphatic heterocycles. The van der Waals surface area contributed by atoms with Gasteiger partial charge in [-0.05, 0) is 50.6 Å². The molecule has 2 aromatic heterocycles. The summed E-state index contributed by atoms with van der Waals surface area (Å²) in [6.45, 7) is 5.59. The third-order valence-corrected chi connectivity index (χ3v) is 5.44. The first-order valence-corrected chi connectivity index (χ1v) is 9.74. The number of halogens is 4. The van der Waals surface area contributed by atoms with Crippen molar-refractivity contribution in [1.82, 2.24) is 14.8 Å². The molecule has 0 spiro atoms. The summed E-state index contributed by atoms with van der Waals surface area (Å²) in [7, 11) is 0. The minimum absolute atomic E-state index is 0.102. The van der Waals surface area contributed by atoms with Crippen LogP contribution in [0.3, 0.4) is 0 Å². The van der Waals surface area contributed by atoms with Gasteiger partial charge in [0.1, 0.15) is 10.3 Å². The van der Waals surface area contributed by atoms with E-state index >= 15 is 0 Å². The Balaban J connectivity index is 1.97. The van der Waals surface area contributed by atoms with Crippen molar-refractivity contribution in [3.8, 4) is 5.88 Å². The van der Waals surface area contributed by atoms with Gasteiger partial charge < -0.3 is 4.74 Å². The Kier molecular flexibility index (Phi) is 6.20. The summed E-state index contributed by atoms with van der Waals surface area (Å²) in [5, 5.41) is 5.62. The molecule has 0 aliphatic carbocycles. The molecule has 9 heteroatoms. The van der Waals surface area contributed by atoms with E-state index in [9.17, 15) is 4.79 Å². The van der Waals surface area contributed by atoms with Gasteiger partial charge in [-0.1, -0.05) is 52.5 Å². The molecular weight excluding hydrogens is 444 g/mol. The molecule has 1 unspecified atom stereocenters. The second-order valence-corrected chi connectivity index (χ2v) is 7.79. The van der Waals surface area contributed by atoms with Gasteiger partial charge in [0.05, 0.1) is 27.3 Å². The molecule has 3 aromatic rings. The fourth-order valence-corrected chi connectivity index (χ4v) is 3.40. The zero-order valence-electron chi connectivity index (χ0n) is 15.1. The van der Waals surface area contributed by atoms with E-state index in [0.29, 0.717) is 15.9 Å². The van der Waals surface area contributed by atoms with Gasteiger partial charge in [-0.3, -0.25) is 0 Å². The number of rotatable bonds is 4. The van der Waals surface area contributed by atoms with E-state index in [-0.39, 0.29) is 21.9 Å². The maximum Gasteiger partial charge on any atom is 0.345 e. The topological polar surface area (TPSA) is 57.0 Å². The van der Waals surface area contributed by atoms with E-state index in [2.05, 4.69) is 10.1 Å². The van der Waals surface area contributed by atoms with Crippen molar-refractivity contribution in [3.63, 3.8) is 0 Å². The maximum atomic E-state index is 12.6. The highest BCUT2D eigenvalue weighted by molar-refractivity contribution is 6.42. The van der Waals surface area contributed by atoms with Crippen molar-refractivity contribution in [2.24, 2.45) is 0 Å². The number of ether oxygens (including phenoxy) is 1. The molecule has 2 heterocycles. The monoisotopic (exact) mass is 457 g/mol. The Morgan fingerprint density at radius 2 is 1.68 bits per heavy atom. The average molecular weight is 459 g/mol. The van der Waals surface area contributed by atoms with Crippen LogP contribution in [-0.4, -0.2) is 20.7 Å². The lowest BCUT2D eigenvalue weighted by molar-refractivity contribution is 0.0715. The predicted octanol–water partition coefficient (Wildman–Crippen LogP) is 6.34. The van der Waals surface area contributed by atoms with Gasteiger partial charge in [0.2, 0.25) is 5.88 Å². The summed E-state index contributed by atoms with van der Waals surface area (Å²) in [5.41, 5.74) is 2.54. The Morgan fingerprint density at radius 1 is 1.04 bits per heavy atom. The largest absolute Gasteiger partial charge is 0.404 e. The molecule has 1 aromatic carbocycles. The minimum Gasteiger partial charge on any atom is -0.404 e. The standard InChI is InChI=1S/C19H15Cl4N3O2/c1-9-10(2)25-26(11(3)12-4-5-14(20)15(21)6-12)18(9)28-19(27)13-7-16(22)24-17(23)8-13/h4-8,11H,1-3H3. The van der Waals surface area contributed by atoms with Gasteiger partial charge in [0, 0.05) is 5.56 Å². The number of aryl methyl sites for hydroxylation is 1. The second kappa shape index (κ2) is 8.29. The molecule has 28 heavy (non-hydrogen) atoms. The Hall–Kier alpha value is -1.79. The van der Waals surface area contributed by atoms with Crippen molar-refractivity contribution >= 4 is 52.4 Å². The number of pyridine rings is 1. The van der Waals surface area contributed by atoms with Crippen LogP contribution in [0.4, 0.5) is 0 Å². The molecule has 146 valence electrons. The molecule has 0 bridgehead atoms. The lowest BCUT2D eigenvalue weighted by atomic mass is 10.1. The number of nitrogens with zero attached hydrogens (tertiary/aromatic N) is 3. The molecule has 0 amide bonds. The molecule has 0 aliphatic rings. The Morgan fingerprint density at radius 3 is 2.29 bits per heavy atom. The average Bonchev–Trinajstić information content (AvgIpc) is 2.91. The lowest BCUT2D eigenvalue weighted by Gasteiger charge is -2.17. The predicted molar refractivity (Wildman–Crippen MR) is 111 cm³/mol. The molecular formula is C19H15Cl4N3O2. The van der Waals surface area contributed by atoms with E-state index in [0.717, 1.165) is 16.8 Å².